The van der Waals surface area contributed by atoms with Crippen molar-refractivity contribution in [3.8, 4) is 0 Å². The zero-order chi connectivity index (χ0) is 24.6. The largest absolute Gasteiger partial charge is 0.352 e. The van der Waals surface area contributed by atoms with E-state index < -0.39 is 0 Å². The first kappa shape index (κ1) is 25.2. The number of carbonyl (C=O) groups excluding carboxylic acids is 2. The maximum Gasteiger partial charge on any atom is 0.252 e. The molecule has 0 spiro atoms. The average molecular weight is 495 g/mol. The molecular formula is C28H35ClN4O2. The molecule has 0 bridgehead atoms. The summed E-state index contributed by atoms with van der Waals surface area (Å²) in [4.78, 5) is 32.2. The van der Waals surface area contributed by atoms with Crippen LogP contribution in [0.1, 0.15) is 67.5 Å². The third kappa shape index (κ3) is 6.43. The summed E-state index contributed by atoms with van der Waals surface area (Å²) in [6, 6.07) is 15.5. The normalized spacial score (nSPS) is 14.2. The maximum atomic E-state index is 13.2. The molecule has 0 radical (unpaired) electrons. The van der Waals surface area contributed by atoms with Crippen molar-refractivity contribution in [1.29, 1.82) is 0 Å². The van der Waals surface area contributed by atoms with Crippen LogP contribution in [-0.2, 0) is 17.8 Å². The summed E-state index contributed by atoms with van der Waals surface area (Å²) >= 11 is 6.10. The van der Waals surface area contributed by atoms with Gasteiger partial charge in [-0.3, -0.25) is 9.59 Å². The minimum Gasteiger partial charge on any atom is -0.352 e. The number of hydrogen-bond acceptors (Lipinski definition) is 3. The number of para-hydroxylation sites is 2. The average Bonchev–Trinajstić information content (AvgIpc) is 3.23. The summed E-state index contributed by atoms with van der Waals surface area (Å²) in [6.07, 6.45) is 9.48. The molecule has 0 atom stereocenters. The quantitative estimate of drug-likeness (QED) is 0.372. The fourth-order valence-electron chi connectivity index (χ4n) is 4.94. The first-order valence-electron chi connectivity index (χ1n) is 12.8. The highest BCUT2D eigenvalue weighted by Crippen LogP contribution is 2.23. The van der Waals surface area contributed by atoms with E-state index in [9.17, 15) is 9.59 Å². The van der Waals surface area contributed by atoms with Crippen LogP contribution in [0.25, 0.3) is 11.0 Å². The number of halogens is 1. The van der Waals surface area contributed by atoms with Crippen LogP contribution in [0.2, 0.25) is 5.02 Å². The fourth-order valence-corrected chi connectivity index (χ4v) is 5.16. The second-order valence-electron chi connectivity index (χ2n) is 9.45. The molecule has 6 nitrogen and oxygen atoms in total. The van der Waals surface area contributed by atoms with Crippen molar-refractivity contribution in [2.45, 2.75) is 70.4 Å². The molecule has 4 rings (SSSR count). The highest BCUT2D eigenvalue weighted by atomic mass is 35.5. The van der Waals surface area contributed by atoms with Gasteiger partial charge in [0.25, 0.3) is 5.91 Å². The van der Waals surface area contributed by atoms with Gasteiger partial charge in [0.1, 0.15) is 12.4 Å². The minimum atomic E-state index is -0.141. The molecule has 1 N–H and O–H groups in total. The third-order valence-corrected chi connectivity index (χ3v) is 7.35. The Morgan fingerprint density at radius 2 is 1.77 bits per heavy atom. The first-order valence-corrected chi connectivity index (χ1v) is 13.1. The molecular weight excluding hydrogens is 460 g/mol. The number of likely N-dealkylation sites (N-methyl/N-ethyl adjacent to an activating group) is 1. The third-order valence-electron chi connectivity index (χ3n) is 7.02. The van der Waals surface area contributed by atoms with Crippen LogP contribution in [0, 0.1) is 0 Å². The Morgan fingerprint density at radius 3 is 2.57 bits per heavy atom. The SMILES string of the molecule is CN(C(=O)Cn1c(CCCCCNC(=O)c2ccccc2Cl)nc2ccccc21)C1CCCCC1. The molecule has 7 heteroatoms. The van der Waals surface area contributed by atoms with E-state index in [1.807, 2.05) is 48.3 Å². The zero-order valence-corrected chi connectivity index (χ0v) is 21.3. The Kier molecular flexibility index (Phi) is 8.80. The van der Waals surface area contributed by atoms with Gasteiger partial charge in [-0.25, -0.2) is 4.98 Å². The van der Waals surface area contributed by atoms with Gasteiger partial charge < -0.3 is 14.8 Å². The fraction of sp³-hybridized carbons (Fsp3) is 0.464. The molecule has 1 heterocycles. The first-order chi connectivity index (χ1) is 17.0. The number of hydrogen-bond donors (Lipinski definition) is 1. The Bertz CT molecular complexity index is 1150. The number of nitrogens with one attached hydrogen (secondary N) is 1. The predicted molar refractivity (Wildman–Crippen MR) is 141 cm³/mol. The van der Waals surface area contributed by atoms with Crippen molar-refractivity contribution < 1.29 is 9.59 Å². The summed E-state index contributed by atoms with van der Waals surface area (Å²) in [5, 5.41) is 3.41. The van der Waals surface area contributed by atoms with Crippen LogP contribution in [0.5, 0.6) is 0 Å². The number of nitrogens with zero attached hydrogens (tertiary/aromatic N) is 3. The van der Waals surface area contributed by atoms with Gasteiger partial charge in [0.15, 0.2) is 0 Å². The topological polar surface area (TPSA) is 67.2 Å². The van der Waals surface area contributed by atoms with Crippen molar-refractivity contribution >= 4 is 34.4 Å². The van der Waals surface area contributed by atoms with Crippen molar-refractivity contribution in [1.82, 2.24) is 19.8 Å². The van der Waals surface area contributed by atoms with E-state index in [4.69, 9.17) is 16.6 Å². The predicted octanol–water partition coefficient (Wildman–Crippen LogP) is 5.62. The van der Waals surface area contributed by atoms with E-state index >= 15 is 0 Å². The van der Waals surface area contributed by atoms with Crippen LogP contribution in [0.4, 0.5) is 0 Å². The lowest BCUT2D eigenvalue weighted by molar-refractivity contribution is -0.133. The molecule has 2 aromatic carbocycles. The van der Waals surface area contributed by atoms with Crippen LogP contribution in [0.15, 0.2) is 48.5 Å². The van der Waals surface area contributed by atoms with Crippen molar-refractivity contribution in [3.05, 3.63) is 64.9 Å². The molecule has 1 aliphatic carbocycles. The molecule has 0 saturated heterocycles. The highest BCUT2D eigenvalue weighted by molar-refractivity contribution is 6.33. The highest BCUT2D eigenvalue weighted by Gasteiger charge is 2.23. The Hall–Kier alpha value is -2.86. The summed E-state index contributed by atoms with van der Waals surface area (Å²) in [6.45, 7) is 0.932. The van der Waals surface area contributed by atoms with Crippen LogP contribution in [-0.4, -0.2) is 45.9 Å². The smallest absolute Gasteiger partial charge is 0.252 e. The molecule has 0 unspecified atom stereocenters. The lowest BCUT2D eigenvalue weighted by atomic mass is 9.94. The zero-order valence-electron chi connectivity index (χ0n) is 20.5. The van der Waals surface area contributed by atoms with E-state index in [1.165, 1.54) is 19.3 Å². The number of imidazole rings is 1. The number of aromatic nitrogens is 2. The lowest BCUT2D eigenvalue weighted by Crippen LogP contribution is -2.40. The second kappa shape index (κ2) is 12.2. The molecule has 1 aliphatic rings. The van der Waals surface area contributed by atoms with Crippen molar-refractivity contribution in [2.24, 2.45) is 0 Å². The van der Waals surface area contributed by atoms with Crippen LogP contribution in [0.3, 0.4) is 0 Å². The molecule has 1 fully saturated rings. The molecule has 0 aliphatic heterocycles. The number of amides is 2. The van der Waals surface area contributed by atoms with Gasteiger partial charge in [0.05, 0.1) is 21.6 Å². The van der Waals surface area contributed by atoms with Crippen molar-refractivity contribution in [3.63, 3.8) is 0 Å². The van der Waals surface area contributed by atoms with Crippen LogP contribution >= 0.6 is 11.6 Å². The molecule has 35 heavy (non-hydrogen) atoms. The summed E-state index contributed by atoms with van der Waals surface area (Å²) < 4.78 is 2.09. The Balaban J connectivity index is 1.31. The van der Waals surface area contributed by atoms with E-state index in [-0.39, 0.29) is 11.8 Å². The maximum absolute atomic E-state index is 13.2. The molecule has 1 aromatic heterocycles. The lowest BCUT2D eigenvalue weighted by Gasteiger charge is -2.31. The number of fused-ring (bicyclic) bond motifs is 1. The number of carbonyl (C=O) groups is 2. The van der Waals surface area contributed by atoms with Gasteiger partial charge in [0, 0.05) is 26.1 Å². The number of unbranched alkanes of at least 4 members (excludes halogenated alkanes) is 2. The Morgan fingerprint density at radius 1 is 1.03 bits per heavy atom. The summed E-state index contributed by atoms with van der Waals surface area (Å²) in [7, 11) is 1.95. The summed E-state index contributed by atoms with van der Waals surface area (Å²) in [5.41, 5.74) is 2.45. The summed E-state index contributed by atoms with van der Waals surface area (Å²) in [5.74, 6) is 0.971. The monoisotopic (exact) mass is 494 g/mol. The Labute approximate surface area is 212 Å². The van der Waals surface area contributed by atoms with Gasteiger partial charge in [-0.05, 0) is 49.9 Å². The van der Waals surface area contributed by atoms with Gasteiger partial charge in [-0.15, -0.1) is 0 Å². The molecule has 186 valence electrons. The minimum absolute atomic E-state index is 0.141. The number of rotatable bonds is 10. The standard InChI is InChI=1S/C28H35ClN4O2/c1-32(21-12-4-2-5-13-21)27(34)20-33-25-17-10-9-16-24(25)31-26(33)18-6-3-11-19-30-28(35)22-14-7-8-15-23(22)29/h7-10,14-17,21H,2-6,11-13,18-20H2,1H3,(H,30,35). The second-order valence-corrected chi connectivity index (χ2v) is 9.85. The van der Waals surface area contributed by atoms with Crippen LogP contribution < -0.4 is 5.32 Å². The van der Waals surface area contributed by atoms with E-state index in [0.29, 0.717) is 29.7 Å². The van der Waals surface area contributed by atoms with Gasteiger partial charge in [0.2, 0.25) is 5.91 Å². The van der Waals surface area contributed by atoms with Gasteiger partial charge >= 0.3 is 0 Å². The molecule has 1 saturated carbocycles. The van der Waals surface area contributed by atoms with Gasteiger partial charge in [-0.2, -0.15) is 0 Å². The number of benzene rings is 2. The molecule has 3 aromatic rings. The van der Waals surface area contributed by atoms with E-state index in [2.05, 4.69) is 9.88 Å². The van der Waals surface area contributed by atoms with Gasteiger partial charge in [-0.1, -0.05) is 61.5 Å². The number of aryl methyl sites for hydroxylation is 1. The molecule has 2 amide bonds. The van der Waals surface area contributed by atoms with E-state index in [1.54, 1.807) is 12.1 Å². The van der Waals surface area contributed by atoms with E-state index in [0.717, 1.165) is 55.4 Å². The van der Waals surface area contributed by atoms with Crippen molar-refractivity contribution in [2.75, 3.05) is 13.6 Å².